The average molecular weight is 275 g/mol. The van der Waals surface area contributed by atoms with Gasteiger partial charge in [0.25, 0.3) is 0 Å². The zero-order valence-electron chi connectivity index (χ0n) is 9.18. The molecular formula is C7H18NO8P. The standard InChI is InChI=1S/C7H15NO4.H3O4P/c1-2-3-8(11-6-4-9)12-7-5-10;1-5(2,3)4/h2,9-10H,1,3-7H2;(H3,1,2,3,4). The van der Waals surface area contributed by atoms with Gasteiger partial charge in [-0.05, 0) is 0 Å². The van der Waals surface area contributed by atoms with E-state index in [-0.39, 0.29) is 26.4 Å². The van der Waals surface area contributed by atoms with Crippen LogP contribution in [-0.2, 0) is 14.2 Å². The zero-order chi connectivity index (χ0) is 13.7. The average Bonchev–Trinajstić information content (AvgIpc) is 2.20. The Morgan fingerprint density at radius 3 is 1.71 bits per heavy atom. The topological polar surface area (TPSA) is 140 Å². The van der Waals surface area contributed by atoms with Crippen molar-refractivity contribution in [3.8, 4) is 0 Å². The molecule has 9 nitrogen and oxygen atoms in total. The van der Waals surface area contributed by atoms with Gasteiger partial charge in [-0.15, -0.1) is 6.58 Å². The number of hydrogen-bond donors (Lipinski definition) is 5. The fraction of sp³-hybridized carbons (Fsp3) is 0.714. The van der Waals surface area contributed by atoms with Crippen LogP contribution in [0.15, 0.2) is 12.7 Å². The minimum Gasteiger partial charge on any atom is -0.394 e. The van der Waals surface area contributed by atoms with E-state index < -0.39 is 7.82 Å². The highest BCUT2D eigenvalue weighted by Gasteiger charge is 2.01. The van der Waals surface area contributed by atoms with Crippen LogP contribution in [0, 0.1) is 0 Å². The van der Waals surface area contributed by atoms with Crippen LogP contribution in [0.3, 0.4) is 0 Å². The molecule has 0 bridgehead atoms. The number of aliphatic hydroxyl groups is 2. The van der Waals surface area contributed by atoms with Crippen molar-refractivity contribution < 1.29 is 39.1 Å². The lowest BCUT2D eigenvalue weighted by Gasteiger charge is -2.18. The summed E-state index contributed by atoms with van der Waals surface area (Å²) >= 11 is 0. The van der Waals surface area contributed by atoms with E-state index in [9.17, 15) is 0 Å². The zero-order valence-corrected chi connectivity index (χ0v) is 10.1. The Kier molecular flexibility index (Phi) is 13.5. The molecule has 0 aromatic carbocycles. The first-order valence-electron chi connectivity index (χ1n) is 4.49. The van der Waals surface area contributed by atoms with Gasteiger partial charge in [0, 0.05) is 0 Å². The Bertz CT molecular complexity index is 204. The summed E-state index contributed by atoms with van der Waals surface area (Å²) in [5.74, 6) is 0. The number of phosphoric acid groups is 1. The van der Waals surface area contributed by atoms with Gasteiger partial charge in [-0.25, -0.2) is 4.57 Å². The number of rotatable bonds is 8. The van der Waals surface area contributed by atoms with Gasteiger partial charge in [0.05, 0.1) is 33.0 Å². The highest BCUT2D eigenvalue weighted by molar-refractivity contribution is 7.45. The summed E-state index contributed by atoms with van der Waals surface area (Å²) in [5.41, 5.74) is 0. The van der Waals surface area contributed by atoms with Crippen molar-refractivity contribution in [1.82, 2.24) is 5.23 Å². The van der Waals surface area contributed by atoms with Gasteiger partial charge in [-0.3, -0.25) is 9.68 Å². The quantitative estimate of drug-likeness (QED) is 0.201. The molecule has 0 aromatic rings. The minimum atomic E-state index is -4.64. The first kappa shape index (κ1) is 19.0. The molecule has 0 unspecified atom stereocenters. The number of hydrogen-bond acceptors (Lipinski definition) is 6. The fourth-order valence-electron chi connectivity index (χ4n) is 0.533. The van der Waals surface area contributed by atoms with Crippen molar-refractivity contribution in [1.29, 1.82) is 0 Å². The third-order valence-corrected chi connectivity index (χ3v) is 0.931. The first-order chi connectivity index (χ1) is 7.85. The van der Waals surface area contributed by atoms with Crippen LogP contribution in [0.1, 0.15) is 0 Å². The lowest BCUT2D eigenvalue weighted by Crippen LogP contribution is -2.27. The second-order valence-corrected chi connectivity index (χ2v) is 3.46. The maximum absolute atomic E-state index is 8.88. The monoisotopic (exact) mass is 275 g/mol. The Balaban J connectivity index is 0. The van der Waals surface area contributed by atoms with Crippen LogP contribution in [0.4, 0.5) is 0 Å². The third kappa shape index (κ3) is 25.7. The van der Waals surface area contributed by atoms with E-state index in [0.717, 1.165) is 0 Å². The molecule has 0 atom stereocenters. The Morgan fingerprint density at radius 1 is 1.12 bits per heavy atom. The first-order valence-corrected chi connectivity index (χ1v) is 6.06. The Labute approximate surface area is 98.7 Å². The molecule has 0 fully saturated rings. The van der Waals surface area contributed by atoms with Crippen molar-refractivity contribution in [2.45, 2.75) is 0 Å². The summed E-state index contributed by atoms with van der Waals surface area (Å²) < 4.78 is 8.88. The lowest BCUT2D eigenvalue weighted by atomic mass is 10.6. The molecule has 0 aliphatic carbocycles. The van der Waals surface area contributed by atoms with E-state index in [0.29, 0.717) is 6.54 Å². The molecule has 17 heavy (non-hydrogen) atoms. The van der Waals surface area contributed by atoms with Crippen LogP contribution in [0.2, 0.25) is 0 Å². The van der Waals surface area contributed by atoms with E-state index in [1.54, 1.807) is 6.08 Å². The van der Waals surface area contributed by atoms with Crippen LogP contribution >= 0.6 is 7.82 Å². The SMILES string of the molecule is C=CCN(OCCO)OCCO.O=P(O)(O)O. The second kappa shape index (κ2) is 12.1. The molecule has 0 rings (SSSR count). The van der Waals surface area contributed by atoms with Gasteiger partial charge >= 0.3 is 7.82 Å². The van der Waals surface area contributed by atoms with Gasteiger partial charge in [0.15, 0.2) is 0 Å². The Morgan fingerprint density at radius 2 is 1.47 bits per heavy atom. The molecule has 0 heterocycles. The van der Waals surface area contributed by atoms with E-state index in [1.807, 2.05) is 0 Å². The molecule has 10 heteroatoms. The number of hydroxylamine groups is 2. The highest BCUT2D eigenvalue weighted by Crippen LogP contribution is 2.25. The van der Waals surface area contributed by atoms with Gasteiger partial charge in [0.1, 0.15) is 0 Å². The summed E-state index contributed by atoms with van der Waals surface area (Å²) in [6, 6.07) is 0. The summed E-state index contributed by atoms with van der Waals surface area (Å²) in [4.78, 5) is 31.4. The van der Waals surface area contributed by atoms with Crippen LogP contribution < -0.4 is 0 Å². The normalized spacial score (nSPS) is 10.9. The van der Waals surface area contributed by atoms with Gasteiger partial charge < -0.3 is 24.9 Å². The molecule has 0 amide bonds. The maximum atomic E-state index is 8.88. The molecule has 0 aliphatic rings. The van der Waals surface area contributed by atoms with Crippen molar-refractivity contribution >= 4 is 7.82 Å². The molecule has 0 aromatic heterocycles. The van der Waals surface area contributed by atoms with E-state index >= 15 is 0 Å². The Hall–Kier alpha value is -0.350. The van der Waals surface area contributed by atoms with E-state index in [2.05, 4.69) is 6.58 Å². The second-order valence-electron chi connectivity index (χ2n) is 2.43. The van der Waals surface area contributed by atoms with Crippen molar-refractivity contribution in [2.24, 2.45) is 0 Å². The predicted molar refractivity (Wildman–Crippen MR) is 57.2 cm³/mol. The summed E-state index contributed by atoms with van der Waals surface area (Å²) in [7, 11) is -4.64. The largest absolute Gasteiger partial charge is 0.466 e. The minimum absolute atomic E-state index is 0.0733. The van der Waals surface area contributed by atoms with Crippen LogP contribution in [0.25, 0.3) is 0 Å². The molecule has 104 valence electrons. The van der Waals surface area contributed by atoms with Crippen molar-refractivity contribution in [3.63, 3.8) is 0 Å². The molecular weight excluding hydrogens is 257 g/mol. The highest BCUT2D eigenvalue weighted by atomic mass is 31.2. The summed E-state index contributed by atoms with van der Waals surface area (Å²) in [5, 5.41) is 18.0. The predicted octanol–water partition coefficient (Wildman–Crippen LogP) is -1.61. The molecule has 0 saturated heterocycles. The van der Waals surface area contributed by atoms with Crippen LogP contribution in [0.5, 0.6) is 0 Å². The molecule has 0 saturated carbocycles. The maximum Gasteiger partial charge on any atom is 0.466 e. The lowest BCUT2D eigenvalue weighted by molar-refractivity contribution is -0.365. The number of aliphatic hydroxyl groups excluding tert-OH is 2. The van der Waals surface area contributed by atoms with Crippen LogP contribution in [-0.4, -0.2) is 63.1 Å². The molecule has 5 N–H and O–H groups in total. The summed E-state index contributed by atoms with van der Waals surface area (Å²) in [6.07, 6.45) is 1.59. The third-order valence-electron chi connectivity index (χ3n) is 0.931. The molecule has 0 aliphatic heterocycles. The van der Waals surface area contributed by atoms with Gasteiger partial charge in [-0.2, -0.15) is 0 Å². The fourth-order valence-corrected chi connectivity index (χ4v) is 0.533. The van der Waals surface area contributed by atoms with E-state index in [1.165, 1.54) is 5.23 Å². The van der Waals surface area contributed by atoms with Crippen molar-refractivity contribution in [3.05, 3.63) is 12.7 Å². The smallest absolute Gasteiger partial charge is 0.394 e. The number of nitrogens with zero attached hydrogens (tertiary/aromatic N) is 1. The molecule has 0 radical (unpaired) electrons. The van der Waals surface area contributed by atoms with Crippen molar-refractivity contribution in [2.75, 3.05) is 33.0 Å². The summed E-state index contributed by atoms with van der Waals surface area (Å²) in [6.45, 7) is 4.06. The molecule has 0 spiro atoms. The van der Waals surface area contributed by atoms with E-state index in [4.69, 9.17) is 39.1 Å². The van der Waals surface area contributed by atoms with Gasteiger partial charge in [0.2, 0.25) is 0 Å². The van der Waals surface area contributed by atoms with Gasteiger partial charge in [-0.1, -0.05) is 11.3 Å².